The van der Waals surface area contributed by atoms with Gasteiger partial charge in [-0.15, -0.1) is 10.2 Å². The molecule has 0 fully saturated rings. The normalized spacial score (nSPS) is 11.2. The number of benzene rings is 1. The Morgan fingerprint density at radius 2 is 1.60 bits per heavy atom. The van der Waals surface area contributed by atoms with Crippen LogP contribution in [0, 0.1) is 13.8 Å². The van der Waals surface area contributed by atoms with Crippen LogP contribution in [0.25, 0.3) is 0 Å². The van der Waals surface area contributed by atoms with E-state index in [2.05, 4.69) is 20.2 Å². The number of anilines is 3. The van der Waals surface area contributed by atoms with Crippen LogP contribution in [0.15, 0.2) is 30.3 Å². The van der Waals surface area contributed by atoms with Crippen LogP contribution >= 0.6 is 0 Å². The minimum absolute atomic E-state index is 0.193. The molecule has 2 rings (SSSR count). The monoisotopic (exact) mass is 292 g/mol. The molecule has 1 aromatic carbocycles. The maximum Gasteiger partial charge on any atom is 0.231 e. The minimum atomic E-state index is -3.33. The van der Waals surface area contributed by atoms with Crippen molar-refractivity contribution >= 4 is 27.3 Å². The Bertz CT molecular complexity index is 712. The third kappa shape index (κ3) is 3.92. The van der Waals surface area contributed by atoms with E-state index in [1.807, 2.05) is 32.0 Å². The quantitative estimate of drug-likeness (QED) is 0.902. The van der Waals surface area contributed by atoms with Crippen molar-refractivity contribution in [2.45, 2.75) is 13.8 Å². The van der Waals surface area contributed by atoms with E-state index in [0.29, 0.717) is 5.82 Å². The van der Waals surface area contributed by atoms with Crippen molar-refractivity contribution < 1.29 is 8.42 Å². The van der Waals surface area contributed by atoms with Crippen molar-refractivity contribution in [1.29, 1.82) is 0 Å². The lowest BCUT2D eigenvalue weighted by Crippen LogP contribution is -2.11. The molecule has 0 aliphatic heterocycles. The van der Waals surface area contributed by atoms with Gasteiger partial charge in [-0.05, 0) is 49.2 Å². The van der Waals surface area contributed by atoms with Crippen molar-refractivity contribution in [1.82, 2.24) is 10.2 Å². The number of hydrogen-bond acceptors (Lipinski definition) is 5. The lowest BCUT2D eigenvalue weighted by Gasteiger charge is -2.08. The van der Waals surface area contributed by atoms with Gasteiger partial charge in [0.25, 0.3) is 0 Å². The summed E-state index contributed by atoms with van der Waals surface area (Å²) in [5, 5.41) is 10.8. The van der Waals surface area contributed by atoms with Crippen LogP contribution in [-0.4, -0.2) is 24.9 Å². The number of sulfonamides is 1. The second kappa shape index (κ2) is 5.46. The summed E-state index contributed by atoms with van der Waals surface area (Å²) in [7, 11) is -3.33. The summed E-state index contributed by atoms with van der Waals surface area (Å²) in [6.07, 6.45) is 1.07. The van der Waals surface area contributed by atoms with E-state index in [9.17, 15) is 8.42 Å². The summed E-state index contributed by atoms with van der Waals surface area (Å²) in [6.45, 7) is 4.08. The molecule has 1 heterocycles. The third-order valence-electron chi connectivity index (χ3n) is 2.73. The Balaban J connectivity index is 2.12. The molecule has 0 amide bonds. The van der Waals surface area contributed by atoms with Crippen molar-refractivity contribution in [2.24, 2.45) is 0 Å². The molecule has 0 aliphatic carbocycles. The van der Waals surface area contributed by atoms with Gasteiger partial charge in [0.05, 0.1) is 6.26 Å². The van der Waals surface area contributed by atoms with Crippen LogP contribution in [0.1, 0.15) is 11.1 Å². The summed E-state index contributed by atoms with van der Waals surface area (Å²) in [6, 6.07) is 9.20. The van der Waals surface area contributed by atoms with Gasteiger partial charge in [-0.2, -0.15) is 0 Å². The molecule has 0 atom stereocenters. The van der Waals surface area contributed by atoms with E-state index in [-0.39, 0.29) is 5.82 Å². The average molecular weight is 292 g/mol. The maximum absolute atomic E-state index is 11.1. The van der Waals surface area contributed by atoms with Crippen LogP contribution in [-0.2, 0) is 10.0 Å². The standard InChI is InChI=1S/C13H16N4O2S/c1-9-4-5-11(8-10(9)2)14-12-6-7-13(16-15-12)17-20(3,18)19/h4-8H,1-3H3,(H,14,15)(H,16,17). The van der Waals surface area contributed by atoms with E-state index in [4.69, 9.17) is 0 Å². The summed E-state index contributed by atoms with van der Waals surface area (Å²) in [5.41, 5.74) is 3.30. The van der Waals surface area contributed by atoms with Crippen LogP contribution in [0.3, 0.4) is 0 Å². The van der Waals surface area contributed by atoms with Gasteiger partial charge in [0, 0.05) is 5.69 Å². The number of aryl methyl sites for hydroxylation is 2. The van der Waals surface area contributed by atoms with Gasteiger partial charge in [-0.25, -0.2) is 8.42 Å². The Kier molecular flexibility index (Phi) is 3.89. The fraction of sp³-hybridized carbons (Fsp3) is 0.231. The third-order valence-corrected chi connectivity index (χ3v) is 3.31. The highest BCUT2D eigenvalue weighted by Crippen LogP contribution is 2.18. The molecule has 0 radical (unpaired) electrons. The van der Waals surface area contributed by atoms with Crippen molar-refractivity contribution in [3.05, 3.63) is 41.5 Å². The molecule has 0 bridgehead atoms. The summed E-state index contributed by atoms with van der Waals surface area (Å²) in [4.78, 5) is 0. The zero-order valence-electron chi connectivity index (χ0n) is 11.5. The number of hydrogen-bond donors (Lipinski definition) is 2. The maximum atomic E-state index is 11.1. The lowest BCUT2D eigenvalue weighted by atomic mass is 10.1. The highest BCUT2D eigenvalue weighted by Gasteiger charge is 2.04. The summed E-state index contributed by atoms with van der Waals surface area (Å²) in [5.74, 6) is 0.741. The molecule has 106 valence electrons. The van der Waals surface area contributed by atoms with Gasteiger partial charge < -0.3 is 5.32 Å². The molecule has 6 nitrogen and oxygen atoms in total. The first-order valence-electron chi connectivity index (χ1n) is 5.99. The van der Waals surface area contributed by atoms with Crippen LogP contribution in [0.4, 0.5) is 17.3 Å². The van der Waals surface area contributed by atoms with E-state index in [1.165, 1.54) is 11.1 Å². The molecular weight excluding hydrogens is 276 g/mol. The highest BCUT2D eigenvalue weighted by molar-refractivity contribution is 7.92. The van der Waals surface area contributed by atoms with Crippen LogP contribution in [0.2, 0.25) is 0 Å². The lowest BCUT2D eigenvalue weighted by molar-refractivity contribution is 0.606. The van der Waals surface area contributed by atoms with Crippen LogP contribution in [0.5, 0.6) is 0 Å². The largest absolute Gasteiger partial charge is 0.339 e. The molecule has 2 aromatic rings. The molecule has 7 heteroatoms. The molecule has 20 heavy (non-hydrogen) atoms. The smallest absolute Gasteiger partial charge is 0.231 e. The van der Waals surface area contributed by atoms with E-state index in [1.54, 1.807) is 12.1 Å². The number of rotatable bonds is 4. The Morgan fingerprint density at radius 1 is 0.950 bits per heavy atom. The number of nitrogens with zero attached hydrogens (tertiary/aromatic N) is 2. The summed E-state index contributed by atoms with van der Waals surface area (Å²) < 4.78 is 24.4. The molecule has 0 aliphatic rings. The minimum Gasteiger partial charge on any atom is -0.339 e. The van der Waals surface area contributed by atoms with Crippen molar-refractivity contribution in [2.75, 3.05) is 16.3 Å². The Hall–Kier alpha value is -2.15. The first-order chi connectivity index (χ1) is 9.33. The van der Waals surface area contributed by atoms with Crippen molar-refractivity contribution in [3.8, 4) is 0 Å². The molecule has 0 unspecified atom stereocenters. The van der Waals surface area contributed by atoms with Gasteiger partial charge in [-0.3, -0.25) is 4.72 Å². The highest BCUT2D eigenvalue weighted by atomic mass is 32.2. The topological polar surface area (TPSA) is 84.0 Å². The van der Waals surface area contributed by atoms with Gasteiger partial charge in [0.15, 0.2) is 11.6 Å². The van der Waals surface area contributed by atoms with Crippen LogP contribution < -0.4 is 10.0 Å². The number of nitrogens with one attached hydrogen (secondary N) is 2. The predicted molar refractivity (Wildman–Crippen MR) is 79.7 cm³/mol. The number of aromatic nitrogens is 2. The summed E-state index contributed by atoms with van der Waals surface area (Å²) >= 11 is 0. The molecular formula is C13H16N4O2S. The first kappa shape index (κ1) is 14.3. The first-order valence-corrected chi connectivity index (χ1v) is 7.88. The zero-order chi connectivity index (χ0) is 14.8. The molecule has 1 aromatic heterocycles. The second-order valence-electron chi connectivity index (χ2n) is 4.60. The zero-order valence-corrected chi connectivity index (χ0v) is 12.3. The Morgan fingerprint density at radius 3 is 2.15 bits per heavy atom. The van der Waals surface area contributed by atoms with Gasteiger partial charge in [0.2, 0.25) is 10.0 Å². The fourth-order valence-electron chi connectivity index (χ4n) is 1.61. The molecule has 2 N–H and O–H groups in total. The average Bonchev–Trinajstić information content (AvgIpc) is 2.35. The molecule has 0 saturated carbocycles. The van der Waals surface area contributed by atoms with Crippen molar-refractivity contribution in [3.63, 3.8) is 0 Å². The molecule has 0 spiro atoms. The SMILES string of the molecule is Cc1ccc(Nc2ccc(NS(C)(=O)=O)nn2)cc1C. The molecule has 0 saturated heterocycles. The van der Waals surface area contributed by atoms with E-state index in [0.717, 1.165) is 11.9 Å². The predicted octanol–water partition coefficient (Wildman–Crippen LogP) is 2.21. The van der Waals surface area contributed by atoms with Gasteiger partial charge >= 0.3 is 0 Å². The Labute approximate surface area is 118 Å². The van der Waals surface area contributed by atoms with Gasteiger partial charge in [-0.1, -0.05) is 6.07 Å². The van der Waals surface area contributed by atoms with Gasteiger partial charge in [0.1, 0.15) is 0 Å². The fourth-order valence-corrected chi connectivity index (χ4v) is 2.10. The second-order valence-corrected chi connectivity index (χ2v) is 6.35. The van der Waals surface area contributed by atoms with E-state index < -0.39 is 10.0 Å². The van der Waals surface area contributed by atoms with E-state index >= 15 is 0 Å².